The van der Waals surface area contributed by atoms with E-state index in [1.807, 2.05) is 0 Å². The normalized spacial score (nSPS) is 19.3. The Morgan fingerprint density at radius 1 is 1.17 bits per heavy atom. The second-order valence-electron chi connectivity index (χ2n) is 3.90. The van der Waals surface area contributed by atoms with Crippen LogP contribution in [0.5, 0.6) is 11.5 Å². The van der Waals surface area contributed by atoms with E-state index >= 15 is 0 Å². The maximum atomic E-state index is 12.2. The highest BCUT2D eigenvalue weighted by Crippen LogP contribution is 2.24. The Labute approximate surface area is 106 Å². The molecular weight excluding hydrogens is 236 g/mol. The Morgan fingerprint density at radius 2 is 1.83 bits per heavy atom. The van der Waals surface area contributed by atoms with Gasteiger partial charge in [0, 0.05) is 11.6 Å². The molecule has 1 aliphatic heterocycles. The minimum atomic E-state index is -0.546. The second-order valence-corrected chi connectivity index (χ2v) is 3.90. The number of rotatable bonds is 4. The lowest BCUT2D eigenvalue weighted by molar-refractivity contribution is -0.0719. The quantitative estimate of drug-likeness (QED) is 0.756. The van der Waals surface area contributed by atoms with Crippen LogP contribution in [0.4, 0.5) is 0 Å². The summed E-state index contributed by atoms with van der Waals surface area (Å²) in [5, 5.41) is 0. The molecule has 1 heterocycles. The van der Waals surface area contributed by atoms with Gasteiger partial charge in [-0.15, -0.1) is 0 Å². The predicted molar refractivity (Wildman–Crippen MR) is 64.4 cm³/mol. The Bertz CT molecular complexity index is 401. The average Bonchev–Trinajstić information content (AvgIpc) is 2.46. The summed E-state index contributed by atoms with van der Waals surface area (Å²) in [5.41, 5.74) is 0.502. The number of benzene rings is 1. The second kappa shape index (κ2) is 5.84. The number of carbonyl (C=O) groups excluding carboxylic acids is 1. The zero-order chi connectivity index (χ0) is 13.0. The van der Waals surface area contributed by atoms with Crippen LogP contribution in [-0.4, -0.2) is 45.9 Å². The summed E-state index contributed by atoms with van der Waals surface area (Å²) in [6, 6.07) is 5.06. The highest BCUT2D eigenvalue weighted by atomic mass is 16.6. The Hall–Kier alpha value is -1.59. The van der Waals surface area contributed by atoms with Crippen LogP contribution in [0, 0.1) is 0 Å². The van der Waals surface area contributed by atoms with Gasteiger partial charge in [-0.3, -0.25) is 4.79 Å². The third-order valence-corrected chi connectivity index (χ3v) is 2.74. The zero-order valence-electron chi connectivity index (χ0n) is 10.5. The Kier molecular flexibility index (Phi) is 4.17. The van der Waals surface area contributed by atoms with Gasteiger partial charge in [-0.25, -0.2) is 0 Å². The van der Waals surface area contributed by atoms with Crippen LogP contribution in [0.2, 0.25) is 0 Å². The summed E-state index contributed by atoms with van der Waals surface area (Å²) in [7, 11) is 3.09. The molecule has 0 bridgehead atoms. The van der Waals surface area contributed by atoms with E-state index in [4.69, 9.17) is 18.9 Å². The van der Waals surface area contributed by atoms with Crippen molar-refractivity contribution < 1.29 is 23.7 Å². The summed E-state index contributed by atoms with van der Waals surface area (Å²) >= 11 is 0. The molecule has 98 valence electrons. The molecule has 0 aromatic heterocycles. The van der Waals surface area contributed by atoms with Crippen molar-refractivity contribution in [1.29, 1.82) is 0 Å². The predicted octanol–water partition coefficient (Wildman–Crippen LogP) is 1.30. The monoisotopic (exact) mass is 252 g/mol. The number of Topliss-reactive ketones (excluding diaryl/α,β-unsaturated/α-hetero) is 1. The zero-order valence-corrected chi connectivity index (χ0v) is 10.5. The molecule has 0 amide bonds. The lowest BCUT2D eigenvalue weighted by Gasteiger charge is -2.22. The third kappa shape index (κ3) is 2.80. The first kappa shape index (κ1) is 12.9. The van der Waals surface area contributed by atoms with Crippen LogP contribution in [0.25, 0.3) is 0 Å². The summed E-state index contributed by atoms with van der Waals surface area (Å²) in [6.07, 6.45) is -0.546. The Morgan fingerprint density at radius 3 is 2.33 bits per heavy atom. The number of methoxy groups -OCH3 is 2. The molecule has 0 aliphatic carbocycles. The van der Waals surface area contributed by atoms with E-state index in [0.29, 0.717) is 36.9 Å². The van der Waals surface area contributed by atoms with Gasteiger partial charge >= 0.3 is 0 Å². The van der Waals surface area contributed by atoms with Crippen molar-refractivity contribution in [2.75, 3.05) is 34.0 Å². The van der Waals surface area contributed by atoms with Gasteiger partial charge < -0.3 is 18.9 Å². The van der Waals surface area contributed by atoms with Gasteiger partial charge in [0.15, 0.2) is 5.78 Å². The van der Waals surface area contributed by atoms with Crippen molar-refractivity contribution in [2.45, 2.75) is 6.10 Å². The fraction of sp³-hybridized carbons (Fsp3) is 0.462. The summed E-state index contributed by atoms with van der Waals surface area (Å²) in [5.74, 6) is 1.04. The minimum Gasteiger partial charge on any atom is -0.497 e. The highest BCUT2D eigenvalue weighted by Gasteiger charge is 2.24. The van der Waals surface area contributed by atoms with Crippen LogP contribution in [-0.2, 0) is 9.47 Å². The van der Waals surface area contributed by atoms with Crippen molar-refractivity contribution in [3.05, 3.63) is 23.8 Å². The van der Waals surface area contributed by atoms with Crippen LogP contribution in [0.1, 0.15) is 10.4 Å². The molecule has 0 saturated carbocycles. The standard InChI is InChI=1S/C13H16O5/c1-15-10-5-9(6-11(7-10)16-2)13(14)12-8-17-3-4-18-12/h5-7,12H,3-4,8H2,1-2H3. The van der Waals surface area contributed by atoms with Gasteiger partial charge in [0.25, 0.3) is 0 Å². The van der Waals surface area contributed by atoms with Crippen molar-refractivity contribution >= 4 is 5.78 Å². The molecule has 1 aromatic rings. The summed E-state index contributed by atoms with van der Waals surface area (Å²) < 4.78 is 20.9. The van der Waals surface area contributed by atoms with Crippen LogP contribution in [0.3, 0.4) is 0 Å². The van der Waals surface area contributed by atoms with Gasteiger partial charge in [0.05, 0.1) is 34.0 Å². The van der Waals surface area contributed by atoms with E-state index in [1.165, 1.54) is 0 Å². The maximum absolute atomic E-state index is 12.2. The molecule has 5 nitrogen and oxygen atoms in total. The fourth-order valence-electron chi connectivity index (χ4n) is 1.77. The number of ether oxygens (including phenoxy) is 4. The molecular formula is C13H16O5. The molecule has 1 atom stereocenters. The van der Waals surface area contributed by atoms with Crippen molar-refractivity contribution in [2.24, 2.45) is 0 Å². The van der Waals surface area contributed by atoms with Gasteiger partial charge in [0.1, 0.15) is 17.6 Å². The molecule has 5 heteroatoms. The van der Waals surface area contributed by atoms with Crippen molar-refractivity contribution in [3.8, 4) is 11.5 Å². The molecule has 1 unspecified atom stereocenters. The molecule has 1 aromatic carbocycles. The van der Waals surface area contributed by atoms with E-state index < -0.39 is 6.10 Å². The first-order valence-corrected chi connectivity index (χ1v) is 5.71. The largest absolute Gasteiger partial charge is 0.497 e. The molecule has 0 spiro atoms. The van der Waals surface area contributed by atoms with E-state index in [2.05, 4.69) is 0 Å². The lowest BCUT2D eigenvalue weighted by Crippen LogP contribution is -2.35. The smallest absolute Gasteiger partial charge is 0.194 e. The minimum absolute atomic E-state index is 0.119. The summed E-state index contributed by atoms with van der Waals surface area (Å²) in [6.45, 7) is 1.26. The SMILES string of the molecule is COc1cc(OC)cc(C(=O)C2COCCO2)c1. The lowest BCUT2D eigenvalue weighted by atomic mass is 10.1. The average molecular weight is 252 g/mol. The number of carbonyl (C=O) groups is 1. The van der Waals surface area contributed by atoms with Crippen LogP contribution in [0.15, 0.2) is 18.2 Å². The van der Waals surface area contributed by atoms with Crippen molar-refractivity contribution in [3.63, 3.8) is 0 Å². The molecule has 2 rings (SSSR count). The highest BCUT2D eigenvalue weighted by molar-refractivity contribution is 6.00. The van der Waals surface area contributed by atoms with Crippen LogP contribution >= 0.6 is 0 Å². The van der Waals surface area contributed by atoms with Crippen LogP contribution < -0.4 is 9.47 Å². The first-order chi connectivity index (χ1) is 8.74. The van der Waals surface area contributed by atoms with Gasteiger partial charge in [-0.2, -0.15) is 0 Å². The number of ketones is 1. The fourth-order valence-corrected chi connectivity index (χ4v) is 1.77. The molecule has 1 saturated heterocycles. The molecule has 0 N–H and O–H groups in total. The Balaban J connectivity index is 2.22. The van der Waals surface area contributed by atoms with Gasteiger partial charge in [-0.05, 0) is 12.1 Å². The maximum Gasteiger partial charge on any atom is 0.194 e. The molecule has 0 radical (unpaired) electrons. The molecule has 18 heavy (non-hydrogen) atoms. The van der Waals surface area contributed by atoms with E-state index in [9.17, 15) is 4.79 Å². The van der Waals surface area contributed by atoms with Gasteiger partial charge in [-0.1, -0.05) is 0 Å². The van der Waals surface area contributed by atoms with E-state index in [-0.39, 0.29) is 5.78 Å². The molecule has 1 aliphatic rings. The third-order valence-electron chi connectivity index (χ3n) is 2.74. The first-order valence-electron chi connectivity index (χ1n) is 5.71. The van der Waals surface area contributed by atoms with Gasteiger partial charge in [0.2, 0.25) is 0 Å². The van der Waals surface area contributed by atoms with E-state index in [1.54, 1.807) is 32.4 Å². The molecule has 1 fully saturated rings. The summed E-state index contributed by atoms with van der Waals surface area (Å²) in [4.78, 5) is 12.2. The van der Waals surface area contributed by atoms with Crippen molar-refractivity contribution in [1.82, 2.24) is 0 Å². The topological polar surface area (TPSA) is 54.0 Å². The van der Waals surface area contributed by atoms with E-state index in [0.717, 1.165) is 0 Å². The number of hydrogen-bond donors (Lipinski definition) is 0. The number of hydrogen-bond acceptors (Lipinski definition) is 5.